The number of hydrogen-bond acceptors (Lipinski definition) is 5. The van der Waals surface area contributed by atoms with Crippen molar-refractivity contribution in [2.24, 2.45) is 5.41 Å². The van der Waals surface area contributed by atoms with Crippen molar-refractivity contribution in [2.45, 2.75) is 57.6 Å². The Labute approximate surface area is 173 Å². The van der Waals surface area contributed by atoms with Gasteiger partial charge in [-0.1, -0.05) is 13.8 Å². The molecule has 0 unspecified atom stereocenters. The van der Waals surface area contributed by atoms with Gasteiger partial charge in [0, 0.05) is 35.7 Å². The van der Waals surface area contributed by atoms with Crippen LogP contribution in [0.4, 0.5) is 32.2 Å². The molecule has 1 saturated carbocycles. The first-order valence-electron chi connectivity index (χ1n) is 9.36. The van der Waals surface area contributed by atoms with Crippen LogP contribution in [0.5, 0.6) is 0 Å². The number of nitrogens with one attached hydrogen (secondary N) is 1. The fourth-order valence-electron chi connectivity index (χ4n) is 3.41. The molecule has 0 bridgehead atoms. The molecule has 1 aliphatic rings. The average molecular weight is 450 g/mol. The van der Waals surface area contributed by atoms with Crippen LogP contribution in [0.3, 0.4) is 0 Å². The summed E-state index contributed by atoms with van der Waals surface area (Å²) in [6.07, 6.45) is -8.33. The zero-order chi connectivity index (χ0) is 23.2. The summed E-state index contributed by atoms with van der Waals surface area (Å²) in [4.78, 5) is 7.54. The number of aliphatic hydroxyl groups is 1. The number of anilines is 1. The van der Waals surface area contributed by atoms with Crippen LogP contribution in [0.1, 0.15) is 42.8 Å². The van der Waals surface area contributed by atoms with Gasteiger partial charge in [-0.05, 0) is 12.8 Å². The van der Waals surface area contributed by atoms with Crippen LogP contribution in [0.2, 0.25) is 0 Å². The van der Waals surface area contributed by atoms with Crippen molar-refractivity contribution < 1.29 is 36.2 Å². The predicted molar refractivity (Wildman–Crippen MR) is 96.7 cm³/mol. The molecule has 31 heavy (non-hydrogen) atoms. The van der Waals surface area contributed by atoms with Gasteiger partial charge in [-0.3, -0.25) is 0 Å². The first-order valence-corrected chi connectivity index (χ1v) is 9.36. The van der Waals surface area contributed by atoms with Gasteiger partial charge in [-0.25, -0.2) is 9.97 Å². The second-order valence-electron chi connectivity index (χ2n) is 8.06. The molecule has 2 aromatic rings. The van der Waals surface area contributed by atoms with Crippen LogP contribution < -0.4 is 10.0 Å². The fourth-order valence-corrected chi connectivity index (χ4v) is 3.41. The molecule has 12 heteroatoms. The van der Waals surface area contributed by atoms with Crippen LogP contribution in [-0.2, 0) is 25.2 Å². The van der Waals surface area contributed by atoms with E-state index in [0.29, 0.717) is 12.3 Å². The maximum Gasteiger partial charge on any atom is 0.421 e. The van der Waals surface area contributed by atoms with Gasteiger partial charge in [0.2, 0.25) is 0 Å². The lowest BCUT2D eigenvalue weighted by Gasteiger charge is -2.49. The number of rotatable bonds is 5. The highest BCUT2D eigenvalue weighted by atomic mass is 19.4. The standard InChI is InChI=1S/C19H20F6N4O2/c1-17(2)13(7-14(17)30)27-16-12(19(23,24)25)8-26-15(28-16)4-3-10-9-29(31)6-5-11(10)18(20,21)22/h5-6,8-9,13-14,30H,3-4,7H2,1-2H3,(H,26,27,28)/t13-,14+/m0/s1. The molecule has 6 nitrogen and oxygen atoms in total. The molecule has 2 atom stereocenters. The Morgan fingerprint density at radius 3 is 2.35 bits per heavy atom. The number of halogens is 6. The zero-order valence-electron chi connectivity index (χ0n) is 16.6. The van der Waals surface area contributed by atoms with Crippen LogP contribution in [-0.4, -0.2) is 27.2 Å². The van der Waals surface area contributed by atoms with Gasteiger partial charge < -0.3 is 15.6 Å². The minimum absolute atomic E-state index is 0.109. The van der Waals surface area contributed by atoms with E-state index in [2.05, 4.69) is 15.3 Å². The molecule has 0 aromatic carbocycles. The number of aryl methyl sites for hydroxylation is 2. The highest BCUT2D eigenvalue weighted by Gasteiger charge is 2.48. The Kier molecular flexibility index (Phi) is 5.80. The van der Waals surface area contributed by atoms with Gasteiger partial charge in [0.15, 0.2) is 12.4 Å². The second kappa shape index (κ2) is 7.81. The number of nitrogens with zero attached hydrogens (tertiary/aromatic N) is 3. The monoisotopic (exact) mass is 450 g/mol. The van der Waals surface area contributed by atoms with Crippen molar-refractivity contribution in [1.29, 1.82) is 0 Å². The van der Waals surface area contributed by atoms with Gasteiger partial charge in [-0.15, -0.1) is 0 Å². The molecule has 2 N–H and O–H groups in total. The minimum atomic E-state index is -4.75. The third kappa shape index (κ3) is 4.83. The van der Waals surface area contributed by atoms with Gasteiger partial charge in [0.05, 0.1) is 11.7 Å². The zero-order valence-corrected chi connectivity index (χ0v) is 16.6. The molecule has 0 amide bonds. The van der Waals surface area contributed by atoms with Crippen molar-refractivity contribution in [3.8, 4) is 0 Å². The molecule has 0 saturated heterocycles. The normalized spacial score (nSPS) is 20.9. The molecule has 1 fully saturated rings. The minimum Gasteiger partial charge on any atom is -0.619 e. The largest absolute Gasteiger partial charge is 0.619 e. The van der Waals surface area contributed by atoms with Crippen molar-refractivity contribution in [1.82, 2.24) is 9.97 Å². The Balaban J connectivity index is 1.86. The van der Waals surface area contributed by atoms with Crippen molar-refractivity contribution in [3.63, 3.8) is 0 Å². The van der Waals surface area contributed by atoms with Gasteiger partial charge in [0.25, 0.3) is 0 Å². The first-order chi connectivity index (χ1) is 14.2. The lowest BCUT2D eigenvalue weighted by Crippen LogP contribution is -2.57. The molecule has 2 aromatic heterocycles. The predicted octanol–water partition coefficient (Wildman–Crippen LogP) is 3.50. The van der Waals surface area contributed by atoms with E-state index in [1.54, 1.807) is 13.8 Å². The van der Waals surface area contributed by atoms with Crippen LogP contribution in [0.25, 0.3) is 0 Å². The summed E-state index contributed by atoms with van der Waals surface area (Å²) in [6.45, 7) is 3.39. The molecular weight excluding hydrogens is 430 g/mol. The molecule has 2 heterocycles. The maximum atomic E-state index is 13.4. The third-order valence-corrected chi connectivity index (χ3v) is 5.61. The van der Waals surface area contributed by atoms with Gasteiger partial charge in [0.1, 0.15) is 17.2 Å². The molecule has 0 spiro atoms. The maximum absolute atomic E-state index is 13.4. The summed E-state index contributed by atoms with van der Waals surface area (Å²) in [7, 11) is 0. The van der Waals surface area contributed by atoms with E-state index >= 15 is 0 Å². The average Bonchev–Trinajstić information content (AvgIpc) is 2.64. The summed E-state index contributed by atoms with van der Waals surface area (Å²) in [5.41, 5.74) is -3.11. The summed E-state index contributed by atoms with van der Waals surface area (Å²) in [6, 6.07) is 0.170. The quantitative estimate of drug-likeness (QED) is 0.414. The summed E-state index contributed by atoms with van der Waals surface area (Å²) in [5.74, 6) is -0.604. The lowest BCUT2D eigenvalue weighted by molar-refractivity contribution is -0.606. The molecule has 1 aliphatic carbocycles. The van der Waals surface area contributed by atoms with Gasteiger partial charge in [-0.2, -0.15) is 31.1 Å². The van der Waals surface area contributed by atoms with Crippen molar-refractivity contribution in [3.05, 3.63) is 52.4 Å². The Morgan fingerprint density at radius 2 is 1.81 bits per heavy atom. The van der Waals surface area contributed by atoms with E-state index in [4.69, 9.17) is 0 Å². The van der Waals surface area contributed by atoms with Crippen molar-refractivity contribution in [2.75, 3.05) is 5.32 Å². The van der Waals surface area contributed by atoms with E-state index in [1.807, 2.05) is 0 Å². The van der Waals surface area contributed by atoms with E-state index in [0.717, 1.165) is 12.4 Å². The Bertz CT molecular complexity index is 961. The van der Waals surface area contributed by atoms with Crippen LogP contribution in [0.15, 0.2) is 24.7 Å². The number of aromatic nitrogens is 3. The first kappa shape index (κ1) is 23.0. The number of hydrogen-bond donors (Lipinski definition) is 2. The Hall–Kier alpha value is -2.63. The lowest BCUT2D eigenvalue weighted by atomic mass is 9.64. The number of aliphatic hydroxyl groups excluding tert-OH is 1. The fraction of sp³-hybridized carbons (Fsp3) is 0.526. The highest BCUT2D eigenvalue weighted by Crippen LogP contribution is 2.43. The van der Waals surface area contributed by atoms with Gasteiger partial charge >= 0.3 is 12.4 Å². The van der Waals surface area contributed by atoms with Crippen molar-refractivity contribution >= 4 is 5.82 Å². The summed E-state index contributed by atoms with van der Waals surface area (Å²) < 4.78 is 79.8. The van der Waals surface area contributed by atoms with E-state index in [1.165, 1.54) is 0 Å². The SMILES string of the molecule is CC1(C)[C@H](O)C[C@@H]1Nc1nc(CCc2c[n+]([O-])ccc2C(F)(F)F)ncc1C(F)(F)F. The van der Waals surface area contributed by atoms with E-state index in [9.17, 15) is 36.7 Å². The van der Waals surface area contributed by atoms with E-state index in [-0.39, 0.29) is 35.4 Å². The Morgan fingerprint density at radius 1 is 1.16 bits per heavy atom. The molecular formula is C19H20F6N4O2. The van der Waals surface area contributed by atoms with Crippen LogP contribution >= 0.6 is 0 Å². The number of pyridine rings is 1. The van der Waals surface area contributed by atoms with E-state index < -0.39 is 46.9 Å². The summed E-state index contributed by atoms with van der Waals surface area (Å²) in [5, 5.41) is 23.9. The smallest absolute Gasteiger partial charge is 0.421 e. The molecule has 3 rings (SSSR count). The molecule has 0 aliphatic heterocycles. The topological polar surface area (TPSA) is 85.0 Å². The highest BCUT2D eigenvalue weighted by molar-refractivity contribution is 5.47. The second-order valence-corrected chi connectivity index (χ2v) is 8.06. The molecule has 0 radical (unpaired) electrons. The third-order valence-electron chi connectivity index (χ3n) is 5.61. The number of alkyl halides is 6. The summed E-state index contributed by atoms with van der Waals surface area (Å²) >= 11 is 0. The van der Waals surface area contributed by atoms with Crippen LogP contribution in [0, 0.1) is 10.6 Å². The molecule has 170 valence electrons.